The highest BCUT2D eigenvalue weighted by Crippen LogP contribution is 2.21. The first-order valence-corrected chi connectivity index (χ1v) is 6.49. The second-order valence-electron chi connectivity index (χ2n) is 4.36. The van der Waals surface area contributed by atoms with Crippen molar-refractivity contribution >= 4 is 0 Å². The topological polar surface area (TPSA) is 24.5 Å². The molecule has 94 valence electrons. The van der Waals surface area contributed by atoms with Gasteiger partial charge >= 0.3 is 0 Å². The largest absolute Gasteiger partial charge is 0.380 e. The number of nitrogens with zero attached hydrogens (tertiary/aromatic N) is 1. The molecule has 0 saturated carbocycles. The Balaban J connectivity index is 1.97. The Hall–Kier alpha value is -0.900. The van der Waals surface area contributed by atoms with Crippen LogP contribution < -0.4 is 5.32 Å². The van der Waals surface area contributed by atoms with Gasteiger partial charge in [0.15, 0.2) is 0 Å². The predicted molar refractivity (Wildman–Crippen MR) is 70.1 cm³/mol. The van der Waals surface area contributed by atoms with Crippen LogP contribution >= 0.6 is 0 Å². The fourth-order valence-electron chi connectivity index (χ4n) is 2.34. The van der Waals surface area contributed by atoms with E-state index in [9.17, 15) is 0 Å². The van der Waals surface area contributed by atoms with E-state index in [2.05, 4.69) is 40.5 Å². The Morgan fingerprint density at radius 2 is 2.18 bits per heavy atom. The molecule has 0 aromatic heterocycles. The molecular weight excluding hydrogens is 212 g/mol. The smallest absolute Gasteiger partial charge is 0.0593 e. The lowest BCUT2D eigenvalue weighted by molar-refractivity contribution is 0.0829. The van der Waals surface area contributed by atoms with Crippen LogP contribution in [0.5, 0.6) is 0 Å². The molecule has 1 saturated heterocycles. The molecule has 0 spiro atoms. The minimum Gasteiger partial charge on any atom is -0.380 e. The van der Waals surface area contributed by atoms with Crippen molar-refractivity contribution in [1.29, 1.82) is 0 Å². The standard InChI is InChI=1S/C14H22N2O/c1-2-17-11-10-16-9-8-15-12-14(16)13-6-4-3-5-7-13/h3-7,14-15H,2,8-12H2,1H3/t14-/m1/s1. The van der Waals surface area contributed by atoms with Crippen LogP contribution in [0.4, 0.5) is 0 Å². The van der Waals surface area contributed by atoms with E-state index in [4.69, 9.17) is 4.74 Å². The van der Waals surface area contributed by atoms with Gasteiger partial charge in [0.2, 0.25) is 0 Å². The van der Waals surface area contributed by atoms with Crippen LogP contribution in [0.15, 0.2) is 30.3 Å². The highest BCUT2D eigenvalue weighted by molar-refractivity contribution is 5.20. The van der Waals surface area contributed by atoms with Crippen LogP contribution in [0.2, 0.25) is 0 Å². The van der Waals surface area contributed by atoms with Crippen molar-refractivity contribution in [2.45, 2.75) is 13.0 Å². The van der Waals surface area contributed by atoms with E-state index in [1.807, 2.05) is 6.92 Å². The zero-order valence-corrected chi connectivity index (χ0v) is 10.6. The quantitative estimate of drug-likeness (QED) is 0.784. The summed E-state index contributed by atoms with van der Waals surface area (Å²) in [5.41, 5.74) is 1.40. The lowest BCUT2D eigenvalue weighted by atomic mass is 10.0. The summed E-state index contributed by atoms with van der Waals surface area (Å²) >= 11 is 0. The van der Waals surface area contributed by atoms with Crippen molar-refractivity contribution < 1.29 is 4.74 Å². The van der Waals surface area contributed by atoms with Crippen molar-refractivity contribution in [3.8, 4) is 0 Å². The minimum atomic E-state index is 0.491. The monoisotopic (exact) mass is 234 g/mol. The van der Waals surface area contributed by atoms with Gasteiger partial charge in [0.05, 0.1) is 6.61 Å². The summed E-state index contributed by atoms with van der Waals surface area (Å²) in [6, 6.07) is 11.2. The molecule has 1 aromatic carbocycles. The fraction of sp³-hybridized carbons (Fsp3) is 0.571. The first kappa shape index (κ1) is 12.6. The average molecular weight is 234 g/mol. The molecule has 1 aliphatic heterocycles. The Morgan fingerprint density at radius 1 is 1.35 bits per heavy atom. The van der Waals surface area contributed by atoms with Crippen LogP contribution in [-0.2, 0) is 4.74 Å². The summed E-state index contributed by atoms with van der Waals surface area (Å²) in [4.78, 5) is 2.52. The number of nitrogens with one attached hydrogen (secondary N) is 1. The molecule has 3 heteroatoms. The van der Waals surface area contributed by atoms with Crippen molar-refractivity contribution in [2.75, 3.05) is 39.4 Å². The Morgan fingerprint density at radius 3 is 2.94 bits per heavy atom. The van der Waals surface area contributed by atoms with Gasteiger partial charge in [-0.05, 0) is 12.5 Å². The molecule has 0 unspecified atom stereocenters. The van der Waals surface area contributed by atoms with E-state index >= 15 is 0 Å². The molecule has 1 heterocycles. The molecular formula is C14H22N2O. The predicted octanol–water partition coefficient (Wildman–Crippen LogP) is 1.67. The Bertz CT molecular complexity index is 315. The fourth-order valence-corrected chi connectivity index (χ4v) is 2.34. The number of piperazine rings is 1. The van der Waals surface area contributed by atoms with Crippen molar-refractivity contribution in [2.24, 2.45) is 0 Å². The molecule has 3 nitrogen and oxygen atoms in total. The third-order valence-corrected chi connectivity index (χ3v) is 3.27. The minimum absolute atomic E-state index is 0.491. The number of hydrogen-bond acceptors (Lipinski definition) is 3. The molecule has 0 amide bonds. The third-order valence-electron chi connectivity index (χ3n) is 3.27. The van der Waals surface area contributed by atoms with E-state index in [0.717, 1.165) is 39.4 Å². The molecule has 1 aliphatic rings. The van der Waals surface area contributed by atoms with Crippen molar-refractivity contribution in [1.82, 2.24) is 10.2 Å². The summed E-state index contributed by atoms with van der Waals surface area (Å²) in [5.74, 6) is 0. The molecule has 0 radical (unpaired) electrons. The zero-order chi connectivity index (χ0) is 11.9. The van der Waals surface area contributed by atoms with Gasteiger partial charge in [-0.3, -0.25) is 4.90 Å². The number of hydrogen-bond donors (Lipinski definition) is 1. The molecule has 1 aromatic rings. The van der Waals surface area contributed by atoms with Gasteiger partial charge in [0.1, 0.15) is 0 Å². The highest BCUT2D eigenvalue weighted by Gasteiger charge is 2.22. The zero-order valence-electron chi connectivity index (χ0n) is 10.6. The van der Waals surface area contributed by atoms with E-state index in [1.165, 1.54) is 5.56 Å². The first-order valence-electron chi connectivity index (χ1n) is 6.49. The summed E-state index contributed by atoms with van der Waals surface area (Å²) in [6.45, 7) is 7.93. The maximum atomic E-state index is 5.46. The van der Waals surface area contributed by atoms with E-state index < -0.39 is 0 Å². The lowest BCUT2D eigenvalue weighted by Gasteiger charge is -2.36. The number of benzene rings is 1. The summed E-state index contributed by atoms with van der Waals surface area (Å²) < 4.78 is 5.46. The SMILES string of the molecule is CCOCCN1CCNC[C@@H]1c1ccccc1. The average Bonchev–Trinajstić information content (AvgIpc) is 2.41. The summed E-state index contributed by atoms with van der Waals surface area (Å²) in [5, 5.41) is 3.47. The normalized spacial score (nSPS) is 21.6. The molecule has 2 rings (SSSR count). The maximum absolute atomic E-state index is 5.46. The molecule has 17 heavy (non-hydrogen) atoms. The van der Waals surface area contributed by atoms with Crippen LogP contribution in [0, 0.1) is 0 Å². The number of rotatable bonds is 5. The van der Waals surface area contributed by atoms with Gasteiger partial charge in [-0.2, -0.15) is 0 Å². The van der Waals surface area contributed by atoms with Gasteiger partial charge in [-0.1, -0.05) is 30.3 Å². The van der Waals surface area contributed by atoms with Gasteiger partial charge in [0, 0.05) is 38.8 Å². The molecule has 1 N–H and O–H groups in total. The van der Waals surface area contributed by atoms with E-state index in [0.29, 0.717) is 6.04 Å². The van der Waals surface area contributed by atoms with Gasteiger partial charge in [-0.15, -0.1) is 0 Å². The van der Waals surface area contributed by atoms with Gasteiger partial charge in [-0.25, -0.2) is 0 Å². The third kappa shape index (κ3) is 3.53. The highest BCUT2D eigenvalue weighted by atomic mass is 16.5. The Kier molecular flexibility index (Phi) is 4.98. The van der Waals surface area contributed by atoms with Crippen LogP contribution in [0.1, 0.15) is 18.5 Å². The first-order chi connectivity index (χ1) is 8.42. The maximum Gasteiger partial charge on any atom is 0.0593 e. The van der Waals surface area contributed by atoms with E-state index in [-0.39, 0.29) is 0 Å². The van der Waals surface area contributed by atoms with Crippen molar-refractivity contribution in [3.05, 3.63) is 35.9 Å². The molecule has 0 aliphatic carbocycles. The van der Waals surface area contributed by atoms with E-state index in [1.54, 1.807) is 0 Å². The van der Waals surface area contributed by atoms with Crippen LogP contribution in [-0.4, -0.2) is 44.3 Å². The second kappa shape index (κ2) is 6.74. The Labute approximate surface area is 104 Å². The van der Waals surface area contributed by atoms with Crippen LogP contribution in [0.3, 0.4) is 0 Å². The van der Waals surface area contributed by atoms with Gasteiger partial charge < -0.3 is 10.1 Å². The summed E-state index contributed by atoms with van der Waals surface area (Å²) in [7, 11) is 0. The molecule has 1 atom stereocenters. The second-order valence-corrected chi connectivity index (χ2v) is 4.36. The van der Waals surface area contributed by atoms with Crippen LogP contribution in [0.25, 0.3) is 0 Å². The number of ether oxygens (including phenoxy) is 1. The summed E-state index contributed by atoms with van der Waals surface area (Å²) in [6.07, 6.45) is 0. The van der Waals surface area contributed by atoms with Crippen molar-refractivity contribution in [3.63, 3.8) is 0 Å². The molecule has 0 bridgehead atoms. The molecule has 1 fully saturated rings. The lowest BCUT2D eigenvalue weighted by Crippen LogP contribution is -2.47. The van der Waals surface area contributed by atoms with Gasteiger partial charge in [0.25, 0.3) is 0 Å².